The number of nitrogens with one attached hydrogen (secondary N) is 1. The lowest BCUT2D eigenvalue weighted by Gasteiger charge is -2.22. The van der Waals surface area contributed by atoms with Crippen LogP contribution < -0.4 is 10.2 Å². The third kappa shape index (κ3) is 4.28. The molecule has 0 aliphatic heterocycles. The summed E-state index contributed by atoms with van der Waals surface area (Å²) in [4.78, 5) is 23.4. The van der Waals surface area contributed by atoms with E-state index < -0.39 is 11.7 Å². The highest BCUT2D eigenvalue weighted by molar-refractivity contribution is 6.03. The van der Waals surface area contributed by atoms with Gasteiger partial charge in [-0.25, -0.2) is 14.4 Å². The molecular weight excluding hydrogens is 343 g/mol. The van der Waals surface area contributed by atoms with E-state index in [2.05, 4.69) is 15.3 Å². The summed E-state index contributed by atoms with van der Waals surface area (Å²) in [6.07, 6.45) is 0. The van der Waals surface area contributed by atoms with Gasteiger partial charge in [-0.05, 0) is 56.7 Å². The molecule has 3 rings (SSSR count). The van der Waals surface area contributed by atoms with Crippen molar-refractivity contribution in [3.8, 4) is 0 Å². The minimum Gasteiger partial charge on any atom is -0.318 e. The summed E-state index contributed by atoms with van der Waals surface area (Å²) < 4.78 is 13.8. The van der Waals surface area contributed by atoms with E-state index in [9.17, 15) is 9.18 Å². The Balaban J connectivity index is 1.93. The van der Waals surface area contributed by atoms with Gasteiger partial charge in [0.15, 0.2) is 0 Å². The first kappa shape index (κ1) is 18.5. The number of para-hydroxylation sites is 1. The molecule has 2 aromatic carbocycles. The lowest BCUT2D eigenvalue weighted by Crippen LogP contribution is -2.22. The molecule has 5 nitrogen and oxygen atoms in total. The first-order chi connectivity index (χ1) is 13.0. The fourth-order valence-electron chi connectivity index (χ4n) is 2.77. The van der Waals surface area contributed by atoms with Gasteiger partial charge in [-0.3, -0.25) is 4.79 Å². The van der Waals surface area contributed by atoms with Gasteiger partial charge >= 0.3 is 0 Å². The quantitative estimate of drug-likeness (QED) is 0.716. The molecule has 27 heavy (non-hydrogen) atoms. The summed E-state index contributed by atoms with van der Waals surface area (Å²) in [7, 11) is 0. The first-order valence-electron chi connectivity index (χ1n) is 8.73. The highest BCUT2D eigenvalue weighted by atomic mass is 19.1. The average molecular weight is 364 g/mol. The molecule has 0 atom stereocenters. The lowest BCUT2D eigenvalue weighted by atomic mass is 10.2. The highest BCUT2D eigenvalue weighted by Gasteiger charge is 2.16. The summed E-state index contributed by atoms with van der Waals surface area (Å²) in [6.45, 7) is 6.45. The topological polar surface area (TPSA) is 58.1 Å². The maximum absolute atomic E-state index is 13.8. The van der Waals surface area contributed by atoms with Crippen molar-refractivity contribution in [1.82, 2.24) is 9.97 Å². The van der Waals surface area contributed by atoms with Crippen molar-refractivity contribution in [3.05, 3.63) is 77.4 Å². The highest BCUT2D eigenvalue weighted by Crippen LogP contribution is 2.23. The van der Waals surface area contributed by atoms with Crippen LogP contribution in [-0.2, 0) is 0 Å². The zero-order chi connectivity index (χ0) is 19.4. The van der Waals surface area contributed by atoms with Crippen LogP contribution in [0, 0.1) is 19.7 Å². The monoisotopic (exact) mass is 364 g/mol. The van der Waals surface area contributed by atoms with E-state index in [1.807, 2.05) is 43.0 Å². The molecule has 0 aliphatic rings. The Morgan fingerprint density at radius 3 is 2.56 bits per heavy atom. The van der Waals surface area contributed by atoms with Gasteiger partial charge in [-0.15, -0.1) is 0 Å². The van der Waals surface area contributed by atoms with Gasteiger partial charge in [0, 0.05) is 17.9 Å². The largest absolute Gasteiger partial charge is 0.318 e. The number of carbonyl (C=O) groups is 1. The number of aryl methyl sites for hydroxylation is 2. The van der Waals surface area contributed by atoms with Crippen LogP contribution >= 0.6 is 0 Å². The van der Waals surface area contributed by atoms with Gasteiger partial charge in [0.05, 0.1) is 5.69 Å². The van der Waals surface area contributed by atoms with Crippen molar-refractivity contribution < 1.29 is 9.18 Å². The second kappa shape index (κ2) is 7.95. The Hall–Kier alpha value is -3.28. The Kier molecular flexibility index (Phi) is 5.45. The molecule has 0 saturated carbocycles. The normalized spacial score (nSPS) is 10.5. The molecule has 1 aromatic heterocycles. The number of benzene rings is 2. The third-order valence-electron chi connectivity index (χ3n) is 4.07. The Morgan fingerprint density at radius 1 is 1.07 bits per heavy atom. The smallest absolute Gasteiger partial charge is 0.274 e. The van der Waals surface area contributed by atoms with Crippen molar-refractivity contribution in [2.24, 2.45) is 0 Å². The number of aromatic nitrogens is 2. The summed E-state index contributed by atoms with van der Waals surface area (Å²) in [5, 5.41) is 2.56. The minimum absolute atomic E-state index is 0.117. The molecule has 3 aromatic rings. The number of rotatable bonds is 5. The molecule has 0 radical (unpaired) electrons. The molecular formula is C21H21FN4O. The van der Waals surface area contributed by atoms with Crippen LogP contribution in [0.3, 0.4) is 0 Å². The summed E-state index contributed by atoms with van der Waals surface area (Å²) in [5.74, 6) is -0.541. The number of amides is 1. The van der Waals surface area contributed by atoms with Gasteiger partial charge in [0.1, 0.15) is 11.5 Å². The molecule has 0 aliphatic carbocycles. The lowest BCUT2D eigenvalue weighted by molar-refractivity contribution is 0.102. The average Bonchev–Trinajstić information content (AvgIpc) is 2.64. The second-order valence-corrected chi connectivity index (χ2v) is 6.21. The fraction of sp³-hybridized carbons (Fsp3) is 0.190. The first-order valence-corrected chi connectivity index (χ1v) is 8.73. The molecule has 0 fully saturated rings. The Labute approximate surface area is 157 Å². The minimum atomic E-state index is -0.494. The molecule has 1 heterocycles. The summed E-state index contributed by atoms with van der Waals surface area (Å²) >= 11 is 0. The molecule has 0 unspecified atom stereocenters. The maximum Gasteiger partial charge on any atom is 0.274 e. The number of nitrogens with zero attached hydrogens (tertiary/aromatic N) is 3. The summed E-state index contributed by atoms with van der Waals surface area (Å²) in [5.41, 5.74) is 3.03. The van der Waals surface area contributed by atoms with Crippen LogP contribution in [0.15, 0.2) is 54.6 Å². The van der Waals surface area contributed by atoms with Crippen molar-refractivity contribution in [1.29, 1.82) is 0 Å². The van der Waals surface area contributed by atoms with E-state index in [0.29, 0.717) is 18.2 Å². The van der Waals surface area contributed by atoms with E-state index in [0.717, 1.165) is 11.3 Å². The number of hydrogen-bond donors (Lipinski definition) is 1. The molecule has 0 spiro atoms. The van der Waals surface area contributed by atoms with Crippen LogP contribution in [0.25, 0.3) is 0 Å². The molecule has 6 heteroatoms. The van der Waals surface area contributed by atoms with Crippen molar-refractivity contribution in [3.63, 3.8) is 0 Å². The Morgan fingerprint density at radius 2 is 1.85 bits per heavy atom. The maximum atomic E-state index is 13.8. The zero-order valence-corrected chi connectivity index (χ0v) is 15.5. The van der Waals surface area contributed by atoms with Crippen molar-refractivity contribution in [2.75, 3.05) is 16.8 Å². The van der Waals surface area contributed by atoms with E-state index in [1.54, 1.807) is 25.1 Å². The van der Waals surface area contributed by atoms with Crippen LogP contribution in [0.1, 0.15) is 28.7 Å². The molecule has 1 amide bonds. The molecule has 138 valence electrons. The van der Waals surface area contributed by atoms with Gasteiger partial charge in [0.2, 0.25) is 5.95 Å². The zero-order valence-electron chi connectivity index (χ0n) is 15.5. The number of anilines is 3. The summed E-state index contributed by atoms with van der Waals surface area (Å²) in [6, 6.07) is 15.6. The van der Waals surface area contributed by atoms with Crippen LogP contribution in [0.5, 0.6) is 0 Å². The number of carbonyl (C=O) groups excluding carboxylic acids is 1. The van der Waals surface area contributed by atoms with Gasteiger partial charge in [0.25, 0.3) is 5.91 Å². The van der Waals surface area contributed by atoms with Crippen LogP contribution in [0.2, 0.25) is 0 Å². The van der Waals surface area contributed by atoms with Gasteiger partial charge in [-0.1, -0.05) is 24.3 Å². The predicted octanol–water partition coefficient (Wildman–Crippen LogP) is 4.64. The standard InChI is InChI=1S/C21H21FN4O/c1-4-26(16-9-7-8-14(2)12-16)21-23-15(3)13-19(25-21)20(27)24-18-11-6-5-10-17(18)22/h5-13H,4H2,1-3H3,(H,24,27). The van der Waals surface area contributed by atoms with Crippen molar-refractivity contribution >= 4 is 23.2 Å². The van der Waals surface area contributed by atoms with Crippen LogP contribution in [0.4, 0.5) is 21.7 Å². The molecule has 0 saturated heterocycles. The second-order valence-electron chi connectivity index (χ2n) is 6.21. The van der Waals surface area contributed by atoms with Gasteiger partial charge < -0.3 is 10.2 Å². The van der Waals surface area contributed by atoms with E-state index in [-0.39, 0.29) is 11.4 Å². The molecule has 1 N–H and O–H groups in total. The SMILES string of the molecule is CCN(c1cccc(C)c1)c1nc(C)cc(C(=O)Nc2ccccc2F)n1. The van der Waals surface area contributed by atoms with Crippen molar-refractivity contribution in [2.45, 2.75) is 20.8 Å². The molecule has 0 bridgehead atoms. The third-order valence-corrected chi connectivity index (χ3v) is 4.07. The Bertz CT molecular complexity index is 974. The number of halogens is 1. The van der Waals surface area contributed by atoms with E-state index in [4.69, 9.17) is 0 Å². The fourth-order valence-corrected chi connectivity index (χ4v) is 2.77. The van der Waals surface area contributed by atoms with E-state index >= 15 is 0 Å². The van der Waals surface area contributed by atoms with E-state index in [1.165, 1.54) is 12.1 Å². The van der Waals surface area contributed by atoms with Gasteiger partial charge in [-0.2, -0.15) is 0 Å². The predicted molar refractivity (Wildman–Crippen MR) is 105 cm³/mol. The van der Waals surface area contributed by atoms with Crippen LogP contribution in [-0.4, -0.2) is 22.4 Å². The number of hydrogen-bond acceptors (Lipinski definition) is 4.